The number of hydrogen-bond acceptors (Lipinski definition) is 4. The van der Waals surface area contributed by atoms with Gasteiger partial charge in [0.05, 0.1) is 23.7 Å². The third-order valence-corrected chi connectivity index (χ3v) is 5.17. The van der Waals surface area contributed by atoms with E-state index in [1.807, 2.05) is 48.5 Å². The predicted octanol–water partition coefficient (Wildman–Crippen LogP) is 4.87. The second-order valence-corrected chi connectivity index (χ2v) is 7.61. The maximum absolute atomic E-state index is 13.4. The van der Waals surface area contributed by atoms with E-state index in [0.717, 1.165) is 9.13 Å². The molecule has 0 radical (unpaired) electrons. The van der Waals surface area contributed by atoms with Crippen molar-refractivity contribution in [2.45, 2.75) is 0 Å². The van der Waals surface area contributed by atoms with Crippen LogP contribution in [-0.2, 0) is 0 Å². The highest BCUT2D eigenvalue weighted by atomic mass is 127. The molecule has 0 amide bonds. The summed E-state index contributed by atoms with van der Waals surface area (Å²) in [5, 5.41) is 10.0. The molecular formula is C23H17IN2O3. The number of benzene rings is 3. The molecule has 0 atom stereocenters. The Kier molecular flexibility index (Phi) is 5.35. The van der Waals surface area contributed by atoms with Crippen molar-refractivity contribution >= 4 is 45.6 Å². The summed E-state index contributed by atoms with van der Waals surface area (Å²) in [7, 11) is 1.58. The Labute approximate surface area is 181 Å². The van der Waals surface area contributed by atoms with Crippen LogP contribution in [0.1, 0.15) is 11.4 Å². The number of phenols is 1. The number of aromatic nitrogens is 2. The number of rotatable bonds is 4. The Hall–Kier alpha value is -3.13. The molecule has 0 unspecified atom stereocenters. The molecular weight excluding hydrogens is 479 g/mol. The summed E-state index contributed by atoms with van der Waals surface area (Å²) in [6.07, 6.45) is 3.64. The number of aromatic hydroxyl groups is 1. The largest absolute Gasteiger partial charge is 0.508 e. The minimum absolute atomic E-state index is 0.164. The first-order chi connectivity index (χ1) is 14.1. The SMILES string of the molecule is COc1ccccc1-n1c(/C=C/c2ccc(O)cc2)nc2ccc(I)cc2c1=O. The van der Waals surface area contributed by atoms with Gasteiger partial charge in [0.2, 0.25) is 0 Å². The first-order valence-corrected chi connectivity index (χ1v) is 9.97. The van der Waals surface area contributed by atoms with E-state index < -0.39 is 0 Å². The third-order valence-electron chi connectivity index (χ3n) is 4.50. The van der Waals surface area contributed by atoms with Crippen molar-refractivity contribution in [2.75, 3.05) is 7.11 Å². The molecule has 1 N–H and O–H groups in total. The number of methoxy groups -OCH3 is 1. The summed E-state index contributed by atoms with van der Waals surface area (Å²) >= 11 is 2.19. The van der Waals surface area contributed by atoms with Crippen molar-refractivity contribution in [1.29, 1.82) is 0 Å². The van der Waals surface area contributed by atoms with E-state index >= 15 is 0 Å². The Morgan fingerprint density at radius 1 is 1.03 bits per heavy atom. The monoisotopic (exact) mass is 496 g/mol. The molecule has 6 heteroatoms. The summed E-state index contributed by atoms with van der Waals surface area (Å²) in [6.45, 7) is 0. The van der Waals surface area contributed by atoms with Gasteiger partial charge >= 0.3 is 0 Å². The van der Waals surface area contributed by atoms with E-state index in [4.69, 9.17) is 9.72 Å². The maximum Gasteiger partial charge on any atom is 0.266 e. The number of para-hydroxylation sites is 2. The Morgan fingerprint density at radius 3 is 2.55 bits per heavy atom. The van der Waals surface area contributed by atoms with Crippen LogP contribution in [0.15, 0.2) is 71.5 Å². The van der Waals surface area contributed by atoms with Gasteiger partial charge in [-0.2, -0.15) is 0 Å². The molecule has 1 heterocycles. The van der Waals surface area contributed by atoms with Gasteiger partial charge < -0.3 is 9.84 Å². The molecule has 0 spiro atoms. The van der Waals surface area contributed by atoms with Gasteiger partial charge in [0.1, 0.15) is 17.3 Å². The van der Waals surface area contributed by atoms with Gasteiger partial charge in [0.15, 0.2) is 0 Å². The van der Waals surface area contributed by atoms with Crippen molar-refractivity contribution in [3.63, 3.8) is 0 Å². The number of hydrogen-bond donors (Lipinski definition) is 1. The lowest BCUT2D eigenvalue weighted by molar-refractivity contribution is 0.412. The average molecular weight is 496 g/mol. The predicted molar refractivity (Wildman–Crippen MR) is 124 cm³/mol. The second-order valence-electron chi connectivity index (χ2n) is 6.37. The van der Waals surface area contributed by atoms with Crippen LogP contribution in [0.4, 0.5) is 0 Å². The minimum Gasteiger partial charge on any atom is -0.508 e. The topological polar surface area (TPSA) is 64.3 Å². The molecule has 0 aliphatic rings. The van der Waals surface area contributed by atoms with Crippen LogP contribution >= 0.6 is 22.6 Å². The molecule has 0 fully saturated rings. The van der Waals surface area contributed by atoms with Gasteiger partial charge in [0, 0.05) is 3.57 Å². The fourth-order valence-corrected chi connectivity index (χ4v) is 3.58. The summed E-state index contributed by atoms with van der Waals surface area (Å²) in [5.74, 6) is 1.27. The molecule has 144 valence electrons. The first-order valence-electron chi connectivity index (χ1n) is 8.89. The van der Waals surface area contributed by atoms with Crippen LogP contribution in [0.2, 0.25) is 0 Å². The average Bonchev–Trinajstić information content (AvgIpc) is 2.74. The smallest absolute Gasteiger partial charge is 0.266 e. The van der Waals surface area contributed by atoms with Gasteiger partial charge in [-0.15, -0.1) is 0 Å². The molecule has 0 aliphatic carbocycles. The van der Waals surface area contributed by atoms with E-state index in [9.17, 15) is 9.90 Å². The van der Waals surface area contributed by atoms with Gasteiger partial charge in [-0.1, -0.05) is 30.3 Å². The van der Waals surface area contributed by atoms with Crippen LogP contribution in [0.25, 0.3) is 28.7 Å². The molecule has 3 aromatic carbocycles. The molecule has 5 nitrogen and oxygen atoms in total. The Morgan fingerprint density at radius 2 is 1.79 bits per heavy atom. The summed E-state index contributed by atoms with van der Waals surface area (Å²) in [6, 6.07) is 19.8. The molecule has 1 aromatic heterocycles. The van der Waals surface area contributed by atoms with Crippen LogP contribution in [0.5, 0.6) is 11.5 Å². The van der Waals surface area contributed by atoms with Gasteiger partial charge in [-0.3, -0.25) is 9.36 Å². The number of nitrogens with zero attached hydrogens (tertiary/aromatic N) is 2. The van der Waals surface area contributed by atoms with Crippen molar-refractivity contribution in [1.82, 2.24) is 9.55 Å². The number of fused-ring (bicyclic) bond motifs is 1. The van der Waals surface area contributed by atoms with Crippen LogP contribution in [-0.4, -0.2) is 21.8 Å². The van der Waals surface area contributed by atoms with Crippen molar-refractivity contribution in [3.8, 4) is 17.2 Å². The fraction of sp³-hybridized carbons (Fsp3) is 0.0435. The molecule has 29 heavy (non-hydrogen) atoms. The molecule has 0 saturated heterocycles. The lowest BCUT2D eigenvalue weighted by Crippen LogP contribution is -2.23. The third kappa shape index (κ3) is 3.88. The van der Waals surface area contributed by atoms with Crippen molar-refractivity contribution in [2.24, 2.45) is 0 Å². The van der Waals surface area contributed by atoms with E-state index in [-0.39, 0.29) is 11.3 Å². The van der Waals surface area contributed by atoms with Gasteiger partial charge in [-0.25, -0.2) is 4.98 Å². The Bertz CT molecular complexity index is 1280. The van der Waals surface area contributed by atoms with Crippen molar-refractivity contribution in [3.05, 3.63) is 92.0 Å². The lowest BCUT2D eigenvalue weighted by atomic mass is 10.2. The van der Waals surface area contributed by atoms with Crippen LogP contribution < -0.4 is 10.3 Å². The zero-order chi connectivity index (χ0) is 20.4. The molecule has 0 saturated carbocycles. The van der Waals surface area contributed by atoms with E-state index in [0.29, 0.717) is 28.2 Å². The standard InChI is InChI=1S/C23H17IN2O3/c1-29-21-5-3-2-4-20(21)26-22(13-8-15-6-10-17(27)11-7-15)25-19-12-9-16(24)14-18(19)23(26)28/h2-14,27H,1H3/b13-8+. The molecule has 0 aliphatic heterocycles. The number of halogens is 1. The van der Waals surface area contributed by atoms with Crippen LogP contribution in [0.3, 0.4) is 0 Å². The van der Waals surface area contributed by atoms with Crippen molar-refractivity contribution < 1.29 is 9.84 Å². The molecule has 4 aromatic rings. The van der Waals surface area contributed by atoms with Gasteiger partial charge in [0.25, 0.3) is 5.56 Å². The fourth-order valence-electron chi connectivity index (χ4n) is 3.09. The quantitative estimate of drug-likeness (QED) is 0.410. The highest BCUT2D eigenvalue weighted by Crippen LogP contribution is 2.24. The van der Waals surface area contributed by atoms with E-state index in [2.05, 4.69) is 22.6 Å². The van der Waals surface area contributed by atoms with E-state index in [1.54, 1.807) is 42.0 Å². The first kappa shape index (κ1) is 19.2. The minimum atomic E-state index is -0.164. The zero-order valence-corrected chi connectivity index (χ0v) is 17.7. The maximum atomic E-state index is 13.4. The lowest BCUT2D eigenvalue weighted by Gasteiger charge is -2.14. The van der Waals surface area contributed by atoms with Gasteiger partial charge in [-0.05, 0) is 76.7 Å². The summed E-state index contributed by atoms with van der Waals surface area (Å²) < 4.78 is 8.01. The molecule has 0 bridgehead atoms. The Balaban J connectivity index is 1.98. The zero-order valence-electron chi connectivity index (χ0n) is 15.5. The summed E-state index contributed by atoms with van der Waals surface area (Å²) in [4.78, 5) is 18.2. The van der Waals surface area contributed by atoms with Crippen LogP contribution in [0, 0.1) is 3.57 Å². The number of ether oxygens (including phenoxy) is 1. The molecule has 4 rings (SSSR count). The number of phenolic OH excluding ortho intramolecular Hbond substituents is 1. The second kappa shape index (κ2) is 8.08. The summed E-state index contributed by atoms with van der Waals surface area (Å²) in [5.41, 5.74) is 1.97. The van der Waals surface area contributed by atoms with E-state index in [1.165, 1.54) is 0 Å². The normalized spacial score (nSPS) is 11.2. The highest BCUT2D eigenvalue weighted by Gasteiger charge is 2.14. The highest BCUT2D eigenvalue weighted by molar-refractivity contribution is 14.1.